The fraction of sp³-hybridized carbons (Fsp3) is 0.286. The van der Waals surface area contributed by atoms with Crippen molar-refractivity contribution in [2.24, 2.45) is 0 Å². The van der Waals surface area contributed by atoms with E-state index in [0.717, 1.165) is 18.2 Å². The van der Waals surface area contributed by atoms with Crippen LogP contribution in [0.25, 0.3) is 0 Å². The van der Waals surface area contributed by atoms with Gasteiger partial charge in [0.1, 0.15) is 22.9 Å². The van der Waals surface area contributed by atoms with Crippen molar-refractivity contribution in [1.29, 1.82) is 0 Å². The van der Waals surface area contributed by atoms with Gasteiger partial charge in [0.05, 0.1) is 0 Å². The van der Waals surface area contributed by atoms with Crippen LogP contribution in [0.5, 0.6) is 0 Å². The molecule has 4 nitrogen and oxygen atoms in total. The molecule has 100 valence electrons. The number of nitrogens with zero attached hydrogens (tertiary/aromatic N) is 1. The zero-order valence-electron chi connectivity index (χ0n) is 11.1. The molecule has 2 rings (SSSR count). The second-order valence-electron chi connectivity index (χ2n) is 4.35. The summed E-state index contributed by atoms with van der Waals surface area (Å²) in [7, 11) is 1.63. The number of nitrogens with one attached hydrogen (secondary N) is 2. The lowest BCUT2D eigenvalue weighted by atomic mass is 10.1. The number of hydrogen-bond donors (Lipinski definition) is 2. The van der Waals surface area contributed by atoms with Crippen LogP contribution in [-0.2, 0) is 17.9 Å². The Morgan fingerprint density at radius 2 is 2.05 bits per heavy atom. The fourth-order valence-corrected chi connectivity index (χ4v) is 1.94. The Kier molecular flexibility index (Phi) is 4.65. The SMILES string of the molecule is COCc1nc(=S)cc(NCc2ccc(C)cc2)[nH]1. The highest BCUT2D eigenvalue weighted by Gasteiger charge is 1.99. The molecular weight excluding hydrogens is 258 g/mol. The lowest BCUT2D eigenvalue weighted by molar-refractivity contribution is 0.178. The number of methoxy groups -OCH3 is 1. The number of ether oxygens (including phenoxy) is 1. The van der Waals surface area contributed by atoms with Crippen LogP contribution in [-0.4, -0.2) is 17.1 Å². The minimum absolute atomic E-state index is 0.420. The van der Waals surface area contributed by atoms with E-state index in [1.807, 2.05) is 6.07 Å². The highest BCUT2D eigenvalue weighted by atomic mass is 32.1. The van der Waals surface area contributed by atoms with Gasteiger partial charge in [-0.3, -0.25) is 0 Å². The molecule has 0 saturated heterocycles. The second kappa shape index (κ2) is 6.45. The molecule has 0 amide bonds. The number of aryl methyl sites for hydroxylation is 1. The largest absolute Gasteiger partial charge is 0.377 e. The van der Waals surface area contributed by atoms with Gasteiger partial charge in [-0.2, -0.15) is 0 Å². The number of benzene rings is 1. The lowest BCUT2D eigenvalue weighted by Crippen LogP contribution is -2.05. The number of rotatable bonds is 5. The highest BCUT2D eigenvalue weighted by Crippen LogP contribution is 2.08. The Hall–Kier alpha value is -1.72. The van der Waals surface area contributed by atoms with E-state index in [1.54, 1.807) is 7.11 Å². The third-order valence-corrected chi connectivity index (χ3v) is 2.89. The molecule has 0 aliphatic heterocycles. The minimum Gasteiger partial charge on any atom is -0.377 e. The Labute approximate surface area is 117 Å². The van der Waals surface area contributed by atoms with Crippen LogP contribution in [0.3, 0.4) is 0 Å². The molecular formula is C14H17N3OS. The van der Waals surface area contributed by atoms with Crippen molar-refractivity contribution in [2.75, 3.05) is 12.4 Å². The van der Waals surface area contributed by atoms with Crippen molar-refractivity contribution < 1.29 is 4.74 Å². The summed E-state index contributed by atoms with van der Waals surface area (Å²) < 4.78 is 5.60. The molecule has 0 bridgehead atoms. The molecule has 1 aromatic carbocycles. The molecule has 0 aliphatic rings. The number of anilines is 1. The molecule has 0 radical (unpaired) electrons. The first-order valence-electron chi connectivity index (χ1n) is 6.06. The molecule has 2 N–H and O–H groups in total. The summed E-state index contributed by atoms with van der Waals surface area (Å²) in [4.78, 5) is 7.34. The molecule has 19 heavy (non-hydrogen) atoms. The van der Waals surface area contributed by atoms with Gasteiger partial charge in [0.2, 0.25) is 0 Å². The van der Waals surface area contributed by atoms with E-state index in [2.05, 4.69) is 46.5 Å². The van der Waals surface area contributed by atoms with Gasteiger partial charge in [-0.1, -0.05) is 42.0 Å². The van der Waals surface area contributed by atoms with Crippen LogP contribution in [0.2, 0.25) is 0 Å². The zero-order chi connectivity index (χ0) is 13.7. The molecule has 0 saturated carbocycles. The van der Waals surface area contributed by atoms with Crippen molar-refractivity contribution in [3.8, 4) is 0 Å². The van der Waals surface area contributed by atoms with E-state index in [9.17, 15) is 0 Å². The van der Waals surface area contributed by atoms with Gasteiger partial charge in [-0.05, 0) is 12.5 Å². The third-order valence-electron chi connectivity index (χ3n) is 2.68. The van der Waals surface area contributed by atoms with Crippen molar-refractivity contribution in [1.82, 2.24) is 9.97 Å². The van der Waals surface area contributed by atoms with Crippen molar-refractivity contribution in [3.63, 3.8) is 0 Å². The van der Waals surface area contributed by atoms with Gasteiger partial charge < -0.3 is 15.0 Å². The van der Waals surface area contributed by atoms with E-state index in [0.29, 0.717) is 11.2 Å². The third kappa shape index (κ3) is 4.15. The van der Waals surface area contributed by atoms with Crippen LogP contribution in [0.15, 0.2) is 30.3 Å². The van der Waals surface area contributed by atoms with E-state index in [4.69, 9.17) is 17.0 Å². The minimum atomic E-state index is 0.420. The summed E-state index contributed by atoms with van der Waals surface area (Å²) in [6, 6.07) is 10.2. The van der Waals surface area contributed by atoms with E-state index in [-0.39, 0.29) is 0 Å². The average molecular weight is 275 g/mol. The standard InChI is InChI=1S/C14H17N3OS/c1-10-3-5-11(6-4-10)8-15-12-7-14(19)17-13(16-12)9-18-2/h3-7H,8-9H2,1-2H3,(H2,15,16,17,19). The average Bonchev–Trinajstić information content (AvgIpc) is 2.38. The zero-order valence-corrected chi connectivity index (χ0v) is 11.9. The molecule has 0 atom stereocenters. The Morgan fingerprint density at radius 3 is 2.74 bits per heavy atom. The van der Waals surface area contributed by atoms with Crippen LogP contribution in [0.4, 0.5) is 5.82 Å². The van der Waals surface area contributed by atoms with Crippen molar-refractivity contribution in [2.45, 2.75) is 20.1 Å². The highest BCUT2D eigenvalue weighted by molar-refractivity contribution is 7.71. The maximum Gasteiger partial charge on any atom is 0.135 e. The van der Waals surface area contributed by atoms with Gasteiger partial charge >= 0.3 is 0 Å². The first-order chi connectivity index (χ1) is 9.17. The quantitative estimate of drug-likeness (QED) is 0.823. The van der Waals surface area contributed by atoms with E-state index < -0.39 is 0 Å². The van der Waals surface area contributed by atoms with Crippen LogP contribution < -0.4 is 5.32 Å². The Bertz CT molecular complexity index is 592. The smallest absolute Gasteiger partial charge is 0.135 e. The van der Waals surface area contributed by atoms with Gasteiger partial charge in [0.25, 0.3) is 0 Å². The van der Waals surface area contributed by atoms with Crippen LogP contribution in [0.1, 0.15) is 17.0 Å². The summed E-state index contributed by atoms with van der Waals surface area (Å²) >= 11 is 5.12. The Balaban J connectivity index is 2.06. The normalized spacial score (nSPS) is 10.4. The first kappa shape index (κ1) is 13.7. The fourth-order valence-electron chi connectivity index (χ4n) is 1.71. The summed E-state index contributed by atoms with van der Waals surface area (Å²) in [5, 5.41) is 3.30. The van der Waals surface area contributed by atoms with Crippen LogP contribution >= 0.6 is 12.2 Å². The summed E-state index contributed by atoms with van der Waals surface area (Å²) in [5.41, 5.74) is 2.48. The molecule has 0 aliphatic carbocycles. The van der Waals surface area contributed by atoms with Gasteiger partial charge in [0.15, 0.2) is 0 Å². The molecule has 0 spiro atoms. The first-order valence-corrected chi connectivity index (χ1v) is 6.47. The topological polar surface area (TPSA) is 49.9 Å². The van der Waals surface area contributed by atoms with E-state index >= 15 is 0 Å². The summed E-state index contributed by atoms with van der Waals surface area (Å²) in [6.45, 7) is 3.24. The van der Waals surface area contributed by atoms with Gasteiger partial charge in [0, 0.05) is 19.7 Å². The number of aromatic nitrogens is 2. The molecule has 0 fully saturated rings. The van der Waals surface area contributed by atoms with Crippen molar-refractivity contribution >= 4 is 18.0 Å². The summed E-state index contributed by atoms with van der Waals surface area (Å²) in [5.74, 6) is 1.58. The monoisotopic (exact) mass is 275 g/mol. The number of hydrogen-bond acceptors (Lipinski definition) is 4. The Morgan fingerprint density at radius 1 is 1.32 bits per heavy atom. The van der Waals surface area contributed by atoms with Crippen molar-refractivity contribution in [3.05, 3.63) is 51.9 Å². The van der Waals surface area contributed by atoms with Gasteiger partial charge in [-0.15, -0.1) is 0 Å². The predicted octanol–water partition coefficient (Wildman–Crippen LogP) is 3.21. The maximum atomic E-state index is 5.12. The lowest BCUT2D eigenvalue weighted by Gasteiger charge is -2.08. The predicted molar refractivity (Wildman–Crippen MR) is 78.6 cm³/mol. The second-order valence-corrected chi connectivity index (χ2v) is 4.77. The molecule has 5 heteroatoms. The van der Waals surface area contributed by atoms with Crippen LogP contribution in [0, 0.1) is 11.6 Å². The number of H-pyrrole nitrogens is 1. The van der Waals surface area contributed by atoms with E-state index in [1.165, 1.54) is 11.1 Å². The maximum absolute atomic E-state index is 5.12. The number of aromatic amines is 1. The molecule has 1 aromatic heterocycles. The molecule has 2 aromatic rings. The molecule has 0 unspecified atom stereocenters. The summed E-state index contributed by atoms with van der Waals surface area (Å²) in [6.07, 6.45) is 0. The van der Waals surface area contributed by atoms with Gasteiger partial charge in [-0.25, -0.2) is 4.98 Å². The molecule has 1 heterocycles.